The predicted octanol–water partition coefficient (Wildman–Crippen LogP) is 4.64. The van der Waals surface area contributed by atoms with Crippen LogP contribution in [-0.4, -0.2) is 34.4 Å². The number of rotatable bonds is 8. The Bertz CT molecular complexity index is 963. The Morgan fingerprint density at radius 2 is 2.14 bits per heavy atom. The number of amides is 1. The zero-order chi connectivity index (χ0) is 20.1. The lowest BCUT2D eigenvalue weighted by atomic mass is 10.1. The molecule has 0 spiro atoms. The lowest BCUT2D eigenvalue weighted by Gasteiger charge is -2.06. The molecule has 0 fully saturated rings. The molecule has 28 heavy (non-hydrogen) atoms. The second-order valence-corrected chi connectivity index (χ2v) is 8.60. The number of hydrogen-bond donors (Lipinski definition) is 1. The fourth-order valence-corrected chi connectivity index (χ4v) is 4.85. The van der Waals surface area contributed by atoms with E-state index in [4.69, 9.17) is 9.15 Å². The number of thioether (sulfide) groups is 1. The van der Waals surface area contributed by atoms with E-state index < -0.39 is 5.97 Å². The van der Waals surface area contributed by atoms with E-state index in [1.54, 1.807) is 6.92 Å². The first kappa shape index (κ1) is 20.6. The molecular formula is C18H19N3O4S3. The van der Waals surface area contributed by atoms with Gasteiger partial charge in [0.05, 0.1) is 22.8 Å². The van der Waals surface area contributed by atoms with Crippen molar-refractivity contribution in [2.24, 2.45) is 0 Å². The zero-order valence-corrected chi connectivity index (χ0v) is 18.1. The molecule has 0 aromatic carbocycles. The van der Waals surface area contributed by atoms with E-state index in [-0.39, 0.29) is 18.3 Å². The number of hydrogen-bond acceptors (Lipinski definition) is 9. The van der Waals surface area contributed by atoms with Crippen LogP contribution in [0.15, 0.2) is 27.2 Å². The summed E-state index contributed by atoms with van der Waals surface area (Å²) in [5.41, 5.74) is 1.28. The maximum atomic E-state index is 12.4. The number of esters is 1. The summed E-state index contributed by atoms with van der Waals surface area (Å²) in [6.07, 6.45) is 0.779. The summed E-state index contributed by atoms with van der Waals surface area (Å²) in [4.78, 5) is 26.6. The smallest absolute Gasteiger partial charge is 0.341 e. The average molecular weight is 438 g/mol. The van der Waals surface area contributed by atoms with Gasteiger partial charge in [-0.25, -0.2) is 4.79 Å². The molecular weight excluding hydrogens is 418 g/mol. The van der Waals surface area contributed by atoms with Crippen LogP contribution >= 0.6 is 34.4 Å². The van der Waals surface area contributed by atoms with Gasteiger partial charge in [-0.05, 0) is 37.3 Å². The molecule has 148 valence electrons. The van der Waals surface area contributed by atoms with Crippen LogP contribution in [0.2, 0.25) is 0 Å². The lowest BCUT2D eigenvalue weighted by Crippen LogP contribution is -2.16. The van der Waals surface area contributed by atoms with Crippen molar-refractivity contribution in [1.82, 2.24) is 10.2 Å². The standard InChI is InChI=1S/C18H19N3O4S3/c1-4-11-10(3)14(17(23)24-5-2)16(28-11)19-13(22)9-27-18-21-20-15(25-18)12-7-6-8-26-12/h6-8H,4-5,9H2,1-3H3,(H,19,22). The van der Waals surface area contributed by atoms with Crippen LogP contribution in [0.5, 0.6) is 0 Å². The molecule has 0 aliphatic heterocycles. The Morgan fingerprint density at radius 1 is 1.32 bits per heavy atom. The van der Waals surface area contributed by atoms with Gasteiger partial charge in [0.25, 0.3) is 11.1 Å². The van der Waals surface area contributed by atoms with Crippen LogP contribution in [0.4, 0.5) is 5.00 Å². The van der Waals surface area contributed by atoms with E-state index >= 15 is 0 Å². The van der Waals surface area contributed by atoms with Crippen molar-refractivity contribution in [2.75, 3.05) is 17.7 Å². The maximum absolute atomic E-state index is 12.4. The molecule has 0 bridgehead atoms. The molecule has 3 rings (SSSR count). The van der Waals surface area contributed by atoms with Crippen molar-refractivity contribution < 1.29 is 18.7 Å². The molecule has 0 aliphatic rings. The van der Waals surface area contributed by atoms with Crippen LogP contribution in [0.1, 0.15) is 34.6 Å². The Balaban J connectivity index is 1.65. The number of aryl methyl sites for hydroxylation is 1. The zero-order valence-electron chi connectivity index (χ0n) is 15.6. The summed E-state index contributed by atoms with van der Waals surface area (Å²) in [5, 5.41) is 13.5. The van der Waals surface area contributed by atoms with Gasteiger partial charge in [0, 0.05) is 4.88 Å². The molecule has 0 aliphatic carbocycles. The lowest BCUT2D eigenvalue weighted by molar-refractivity contribution is -0.113. The first-order valence-electron chi connectivity index (χ1n) is 8.62. The fourth-order valence-electron chi connectivity index (χ4n) is 2.49. The van der Waals surface area contributed by atoms with Crippen LogP contribution in [0.25, 0.3) is 10.8 Å². The fraction of sp³-hybridized carbons (Fsp3) is 0.333. The highest BCUT2D eigenvalue weighted by Gasteiger charge is 2.23. The van der Waals surface area contributed by atoms with Crippen LogP contribution < -0.4 is 5.32 Å². The third-order valence-electron chi connectivity index (χ3n) is 3.76. The molecule has 1 N–H and O–H groups in total. The van der Waals surface area contributed by atoms with Crippen molar-refractivity contribution in [1.29, 1.82) is 0 Å². The average Bonchev–Trinajstić information content (AvgIpc) is 3.40. The molecule has 0 unspecified atom stereocenters. The summed E-state index contributed by atoms with van der Waals surface area (Å²) in [5.74, 6) is -0.150. The number of carbonyl (C=O) groups is 2. The Kier molecular flexibility index (Phi) is 6.87. The number of nitrogens with one attached hydrogen (secondary N) is 1. The Labute approximate surface area is 174 Å². The molecule has 3 aromatic rings. The largest absolute Gasteiger partial charge is 0.462 e. The van der Waals surface area contributed by atoms with Crippen molar-refractivity contribution in [3.63, 3.8) is 0 Å². The summed E-state index contributed by atoms with van der Waals surface area (Å²) in [6, 6.07) is 3.79. The molecule has 7 nitrogen and oxygen atoms in total. The van der Waals surface area contributed by atoms with Gasteiger partial charge in [0.2, 0.25) is 5.91 Å². The minimum Gasteiger partial charge on any atom is -0.462 e. The molecule has 1 amide bonds. The number of nitrogens with zero attached hydrogens (tertiary/aromatic N) is 2. The Morgan fingerprint density at radius 3 is 2.82 bits per heavy atom. The first-order valence-corrected chi connectivity index (χ1v) is 11.3. The highest BCUT2D eigenvalue weighted by atomic mass is 32.2. The highest BCUT2D eigenvalue weighted by Crippen LogP contribution is 2.34. The monoisotopic (exact) mass is 437 g/mol. The maximum Gasteiger partial charge on any atom is 0.341 e. The topological polar surface area (TPSA) is 94.3 Å². The van der Waals surface area contributed by atoms with Gasteiger partial charge in [-0.15, -0.1) is 32.9 Å². The molecule has 0 saturated carbocycles. The minimum atomic E-state index is -0.420. The minimum absolute atomic E-state index is 0.0900. The second-order valence-electron chi connectivity index (χ2n) is 5.62. The van der Waals surface area contributed by atoms with Gasteiger partial charge < -0.3 is 14.5 Å². The third-order valence-corrected chi connectivity index (χ3v) is 6.79. The number of ether oxygens (including phenoxy) is 1. The van der Waals surface area contributed by atoms with Crippen LogP contribution in [0.3, 0.4) is 0 Å². The summed E-state index contributed by atoms with van der Waals surface area (Å²) in [6.45, 7) is 5.92. The van der Waals surface area contributed by atoms with E-state index in [0.29, 0.717) is 21.7 Å². The van der Waals surface area contributed by atoms with Gasteiger partial charge in [-0.1, -0.05) is 24.8 Å². The molecule has 10 heteroatoms. The quantitative estimate of drug-likeness (QED) is 0.405. The van der Waals surface area contributed by atoms with E-state index in [9.17, 15) is 9.59 Å². The number of aromatic nitrogens is 2. The van der Waals surface area contributed by atoms with Gasteiger partial charge in [-0.2, -0.15) is 0 Å². The molecule has 3 aromatic heterocycles. The van der Waals surface area contributed by atoms with Crippen molar-refractivity contribution in [3.8, 4) is 10.8 Å². The SMILES string of the molecule is CCOC(=O)c1c(NC(=O)CSc2nnc(-c3cccs3)o2)sc(CC)c1C. The first-order chi connectivity index (χ1) is 13.5. The highest BCUT2D eigenvalue weighted by molar-refractivity contribution is 7.99. The van der Waals surface area contributed by atoms with Crippen molar-refractivity contribution in [3.05, 3.63) is 33.5 Å². The van der Waals surface area contributed by atoms with Crippen molar-refractivity contribution in [2.45, 2.75) is 32.4 Å². The van der Waals surface area contributed by atoms with Gasteiger partial charge in [0.15, 0.2) is 0 Å². The Hall–Kier alpha value is -2.17. The van der Waals surface area contributed by atoms with E-state index in [0.717, 1.165) is 33.5 Å². The van der Waals surface area contributed by atoms with Crippen LogP contribution in [0, 0.1) is 6.92 Å². The van der Waals surface area contributed by atoms with E-state index in [1.165, 1.54) is 22.7 Å². The molecule has 3 heterocycles. The van der Waals surface area contributed by atoms with E-state index in [2.05, 4.69) is 15.5 Å². The predicted molar refractivity (Wildman–Crippen MR) is 111 cm³/mol. The summed E-state index contributed by atoms with van der Waals surface area (Å²) >= 11 is 4.05. The van der Waals surface area contributed by atoms with Gasteiger partial charge in [0.1, 0.15) is 5.00 Å². The second kappa shape index (κ2) is 9.35. The number of anilines is 1. The third kappa shape index (κ3) is 4.62. The van der Waals surface area contributed by atoms with E-state index in [1.807, 2.05) is 31.4 Å². The van der Waals surface area contributed by atoms with Gasteiger partial charge in [-0.3, -0.25) is 4.79 Å². The van der Waals surface area contributed by atoms with Crippen molar-refractivity contribution >= 4 is 51.3 Å². The van der Waals surface area contributed by atoms with Gasteiger partial charge >= 0.3 is 5.97 Å². The van der Waals surface area contributed by atoms with Crippen LogP contribution in [-0.2, 0) is 16.0 Å². The summed E-state index contributed by atoms with van der Waals surface area (Å²) < 4.78 is 10.7. The number of carbonyl (C=O) groups excluding carboxylic acids is 2. The molecule has 0 radical (unpaired) electrons. The molecule has 0 atom stereocenters. The summed E-state index contributed by atoms with van der Waals surface area (Å²) in [7, 11) is 0. The number of thiophene rings is 2. The molecule has 0 saturated heterocycles. The normalized spacial score (nSPS) is 10.8.